The minimum atomic E-state index is -0.197. The second-order valence-corrected chi connectivity index (χ2v) is 5.96. The zero-order valence-corrected chi connectivity index (χ0v) is 12.3. The third kappa shape index (κ3) is 2.78. The molecule has 2 aliphatic rings. The number of hydrogen-bond acceptors (Lipinski definition) is 6. The molecular weight excluding hydrogens is 268 g/mol. The van der Waals surface area contributed by atoms with Gasteiger partial charge < -0.3 is 16.1 Å². The lowest BCUT2D eigenvalue weighted by atomic mass is 9.96. The first kappa shape index (κ1) is 14.1. The van der Waals surface area contributed by atoms with Crippen LogP contribution in [0.2, 0.25) is 0 Å². The summed E-state index contributed by atoms with van der Waals surface area (Å²) in [6.07, 6.45) is 3.86. The fourth-order valence-corrected chi connectivity index (χ4v) is 2.87. The molecule has 1 aliphatic carbocycles. The van der Waals surface area contributed by atoms with Crippen molar-refractivity contribution in [2.45, 2.75) is 38.5 Å². The van der Waals surface area contributed by atoms with Gasteiger partial charge in [-0.3, -0.25) is 4.79 Å². The zero-order valence-electron chi connectivity index (χ0n) is 12.3. The molecule has 1 saturated heterocycles. The Morgan fingerprint density at radius 2 is 1.90 bits per heavy atom. The SMILES string of the molecule is Cc1c(NN)nc(C2CC2)nc1N1CCC(C(N)=O)CC1. The molecule has 1 aliphatic heterocycles. The van der Waals surface area contributed by atoms with E-state index in [9.17, 15) is 4.79 Å². The molecule has 7 heteroatoms. The first-order valence-electron chi connectivity index (χ1n) is 7.49. The molecule has 0 aromatic carbocycles. The van der Waals surface area contributed by atoms with Crippen molar-refractivity contribution < 1.29 is 4.79 Å². The van der Waals surface area contributed by atoms with Crippen LogP contribution in [0.25, 0.3) is 0 Å². The van der Waals surface area contributed by atoms with E-state index in [0.29, 0.717) is 11.7 Å². The van der Waals surface area contributed by atoms with Crippen LogP contribution in [0.3, 0.4) is 0 Å². The smallest absolute Gasteiger partial charge is 0.220 e. The third-order valence-corrected chi connectivity index (χ3v) is 4.41. The molecule has 7 nitrogen and oxygen atoms in total. The van der Waals surface area contributed by atoms with Crippen LogP contribution in [0, 0.1) is 12.8 Å². The molecule has 1 aromatic heterocycles. The summed E-state index contributed by atoms with van der Waals surface area (Å²) in [7, 11) is 0. The van der Waals surface area contributed by atoms with Crippen molar-refractivity contribution in [3.8, 4) is 0 Å². The Hall–Kier alpha value is -1.89. The Labute approximate surface area is 124 Å². The molecule has 2 heterocycles. The van der Waals surface area contributed by atoms with Crippen molar-refractivity contribution in [3.05, 3.63) is 11.4 Å². The van der Waals surface area contributed by atoms with Crippen LogP contribution in [0.15, 0.2) is 0 Å². The minimum Gasteiger partial charge on any atom is -0.369 e. The first-order chi connectivity index (χ1) is 10.1. The molecule has 21 heavy (non-hydrogen) atoms. The van der Waals surface area contributed by atoms with Crippen LogP contribution in [0.1, 0.15) is 43.0 Å². The van der Waals surface area contributed by atoms with Crippen LogP contribution < -0.4 is 21.9 Å². The standard InChI is InChI=1S/C14H22N6O/c1-8-12(19-16)17-13(10-2-3-10)18-14(8)20-6-4-9(5-7-20)11(15)21/h9-10H,2-7,16H2,1H3,(H2,15,21)(H,17,18,19). The Morgan fingerprint density at radius 3 is 2.43 bits per heavy atom. The molecule has 1 amide bonds. The number of anilines is 2. The molecular formula is C14H22N6O. The number of nitrogen functional groups attached to an aromatic ring is 1. The number of carbonyl (C=O) groups excluding carboxylic acids is 1. The Morgan fingerprint density at radius 1 is 1.24 bits per heavy atom. The second-order valence-electron chi connectivity index (χ2n) is 5.96. The van der Waals surface area contributed by atoms with Crippen LogP contribution in [0.4, 0.5) is 11.6 Å². The highest BCUT2D eigenvalue weighted by molar-refractivity contribution is 5.77. The second kappa shape index (κ2) is 5.48. The van der Waals surface area contributed by atoms with E-state index >= 15 is 0 Å². The van der Waals surface area contributed by atoms with Crippen molar-refractivity contribution in [2.24, 2.45) is 17.5 Å². The zero-order chi connectivity index (χ0) is 15.0. The maximum atomic E-state index is 11.3. The molecule has 0 unspecified atom stereocenters. The number of nitrogens with zero attached hydrogens (tertiary/aromatic N) is 3. The van der Waals surface area contributed by atoms with Crippen molar-refractivity contribution in [3.63, 3.8) is 0 Å². The third-order valence-electron chi connectivity index (χ3n) is 4.41. The minimum absolute atomic E-state index is 0.0154. The Kier molecular flexibility index (Phi) is 3.67. The van der Waals surface area contributed by atoms with E-state index in [2.05, 4.69) is 15.3 Å². The normalized spacial score (nSPS) is 19.6. The van der Waals surface area contributed by atoms with Gasteiger partial charge in [-0.05, 0) is 32.6 Å². The molecule has 0 spiro atoms. The van der Waals surface area contributed by atoms with E-state index in [1.165, 1.54) is 0 Å². The van der Waals surface area contributed by atoms with Gasteiger partial charge in [0.25, 0.3) is 0 Å². The average molecular weight is 290 g/mol. The molecule has 0 radical (unpaired) electrons. The van der Waals surface area contributed by atoms with Gasteiger partial charge in [-0.25, -0.2) is 15.8 Å². The number of primary amides is 1. The highest BCUT2D eigenvalue weighted by atomic mass is 16.1. The Balaban J connectivity index is 1.84. The van der Waals surface area contributed by atoms with E-state index in [-0.39, 0.29) is 11.8 Å². The predicted molar refractivity (Wildman–Crippen MR) is 80.7 cm³/mol. The summed E-state index contributed by atoms with van der Waals surface area (Å²) in [4.78, 5) is 22.7. The van der Waals surface area contributed by atoms with Crippen molar-refractivity contribution >= 4 is 17.5 Å². The maximum absolute atomic E-state index is 11.3. The summed E-state index contributed by atoms with van der Waals surface area (Å²) in [6.45, 7) is 3.56. The molecule has 0 atom stereocenters. The quantitative estimate of drug-likeness (QED) is 0.555. The first-order valence-corrected chi connectivity index (χ1v) is 7.49. The number of aromatic nitrogens is 2. The number of piperidine rings is 1. The van der Waals surface area contributed by atoms with Gasteiger partial charge in [-0.2, -0.15) is 0 Å². The maximum Gasteiger partial charge on any atom is 0.220 e. The van der Waals surface area contributed by atoms with Gasteiger partial charge in [0.2, 0.25) is 5.91 Å². The summed E-state index contributed by atoms with van der Waals surface area (Å²) < 4.78 is 0. The van der Waals surface area contributed by atoms with E-state index in [1.807, 2.05) is 6.92 Å². The van der Waals surface area contributed by atoms with Crippen molar-refractivity contribution in [1.29, 1.82) is 0 Å². The number of nitrogens with two attached hydrogens (primary N) is 2. The van der Waals surface area contributed by atoms with E-state index in [4.69, 9.17) is 16.6 Å². The predicted octanol–water partition coefficient (Wildman–Crippen LogP) is 0.650. The number of amides is 1. The molecule has 0 bridgehead atoms. The lowest BCUT2D eigenvalue weighted by molar-refractivity contribution is -0.122. The van der Waals surface area contributed by atoms with Gasteiger partial charge in [0, 0.05) is 30.5 Å². The lowest BCUT2D eigenvalue weighted by Gasteiger charge is -2.32. The van der Waals surface area contributed by atoms with Gasteiger partial charge in [0.15, 0.2) is 0 Å². The molecule has 2 fully saturated rings. The summed E-state index contributed by atoms with van der Waals surface area (Å²) >= 11 is 0. The van der Waals surface area contributed by atoms with E-state index in [0.717, 1.165) is 56.0 Å². The van der Waals surface area contributed by atoms with Gasteiger partial charge in [0.05, 0.1) is 0 Å². The van der Waals surface area contributed by atoms with Crippen LogP contribution in [0.5, 0.6) is 0 Å². The van der Waals surface area contributed by atoms with Crippen molar-refractivity contribution in [2.75, 3.05) is 23.4 Å². The highest BCUT2D eigenvalue weighted by Crippen LogP contribution is 2.40. The molecule has 1 aromatic rings. The van der Waals surface area contributed by atoms with Gasteiger partial charge >= 0.3 is 0 Å². The monoisotopic (exact) mass is 290 g/mol. The molecule has 3 rings (SSSR count). The van der Waals surface area contributed by atoms with E-state index in [1.54, 1.807) is 0 Å². The summed E-state index contributed by atoms with van der Waals surface area (Å²) in [5.74, 6) is 8.34. The largest absolute Gasteiger partial charge is 0.369 e. The lowest BCUT2D eigenvalue weighted by Crippen LogP contribution is -2.39. The van der Waals surface area contributed by atoms with Crippen molar-refractivity contribution in [1.82, 2.24) is 9.97 Å². The number of nitrogens with one attached hydrogen (secondary N) is 1. The highest BCUT2D eigenvalue weighted by Gasteiger charge is 2.30. The van der Waals surface area contributed by atoms with Crippen LogP contribution in [-0.4, -0.2) is 29.0 Å². The van der Waals surface area contributed by atoms with Gasteiger partial charge in [-0.15, -0.1) is 0 Å². The van der Waals surface area contributed by atoms with Gasteiger partial charge in [-0.1, -0.05) is 0 Å². The fourth-order valence-electron chi connectivity index (χ4n) is 2.87. The van der Waals surface area contributed by atoms with Crippen LogP contribution >= 0.6 is 0 Å². The number of carbonyl (C=O) groups is 1. The van der Waals surface area contributed by atoms with Gasteiger partial charge in [0.1, 0.15) is 17.5 Å². The number of hydrazine groups is 1. The topological polar surface area (TPSA) is 110 Å². The number of rotatable bonds is 4. The average Bonchev–Trinajstić information content (AvgIpc) is 3.32. The Bertz CT molecular complexity index is 549. The van der Waals surface area contributed by atoms with Crippen LogP contribution in [-0.2, 0) is 4.79 Å². The fraction of sp³-hybridized carbons (Fsp3) is 0.643. The summed E-state index contributed by atoms with van der Waals surface area (Å²) in [6, 6.07) is 0. The summed E-state index contributed by atoms with van der Waals surface area (Å²) in [5, 5.41) is 0. The molecule has 1 saturated carbocycles. The molecule has 114 valence electrons. The molecule has 5 N–H and O–H groups in total. The van der Waals surface area contributed by atoms with E-state index < -0.39 is 0 Å². The number of hydrogen-bond donors (Lipinski definition) is 3. The summed E-state index contributed by atoms with van der Waals surface area (Å²) in [5.41, 5.74) is 9.02.